The quantitative estimate of drug-likeness (QED) is 0.339. The van der Waals surface area contributed by atoms with Gasteiger partial charge in [0.15, 0.2) is 11.2 Å². The molecule has 0 fully saturated rings. The number of hydrogen-bond donors (Lipinski definition) is 1. The Morgan fingerprint density at radius 2 is 1.78 bits per heavy atom. The molecule has 0 saturated heterocycles. The van der Waals surface area contributed by atoms with Crippen molar-refractivity contribution in [2.24, 2.45) is 11.7 Å². The molecule has 0 aliphatic carbocycles. The number of amides is 1. The maximum atomic E-state index is 13.3. The Hall–Kier alpha value is -3.91. The van der Waals surface area contributed by atoms with Crippen LogP contribution >= 0.6 is 0 Å². The summed E-state index contributed by atoms with van der Waals surface area (Å²) < 4.78 is 1.70. The predicted molar refractivity (Wildman–Crippen MR) is 145 cm³/mol. The summed E-state index contributed by atoms with van der Waals surface area (Å²) in [6.45, 7) is 6.28. The third-order valence-electron chi connectivity index (χ3n) is 6.47. The SMILES string of the molecule is Cc1ccc(C(=O)N(CCCN)CC(C)CCc2nc3nccnc3c(=O)n2Cc2ccccc2)cc1. The number of aromatic nitrogens is 4. The van der Waals surface area contributed by atoms with E-state index in [0.717, 1.165) is 24.0 Å². The van der Waals surface area contributed by atoms with Crippen molar-refractivity contribution < 1.29 is 4.79 Å². The average molecular weight is 499 g/mol. The largest absolute Gasteiger partial charge is 0.338 e. The Balaban J connectivity index is 1.53. The number of carbonyl (C=O) groups excluding carboxylic acids is 1. The number of nitrogens with zero attached hydrogens (tertiary/aromatic N) is 5. The highest BCUT2D eigenvalue weighted by atomic mass is 16.2. The summed E-state index contributed by atoms with van der Waals surface area (Å²) in [4.78, 5) is 41.7. The first-order chi connectivity index (χ1) is 18.0. The van der Waals surface area contributed by atoms with Gasteiger partial charge in [-0.1, -0.05) is 55.0 Å². The highest BCUT2D eigenvalue weighted by Crippen LogP contribution is 2.15. The molecule has 2 aromatic carbocycles. The van der Waals surface area contributed by atoms with Gasteiger partial charge in [0, 0.05) is 37.5 Å². The molecule has 2 aromatic heterocycles. The number of benzene rings is 2. The van der Waals surface area contributed by atoms with Crippen molar-refractivity contribution in [3.63, 3.8) is 0 Å². The minimum Gasteiger partial charge on any atom is -0.338 e. The average Bonchev–Trinajstić information content (AvgIpc) is 2.92. The van der Waals surface area contributed by atoms with E-state index < -0.39 is 0 Å². The lowest BCUT2D eigenvalue weighted by Gasteiger charge is -2.26. The smallest absolute Gasteiger partial charge is 0.282 e. The maximum Gasteiger partial charge on any atom is 0.282 e. The van der Waals surface area contributed by atoms with Gasteiger partial charge in [-0.2, -0.15) is 0 Å². The lowest BCUT2D eigenvalue weighted by molar-refractivity contribution is 0.0728. The second kappa shape index (κ2) is 12.4. The van der Waals surface area contributed by atoms with Gasteiger partial charge in [-0.15, -0.1) is 0 Å². The van der Waals surface area contributed by atoms with Crippen molar-refractivity contribution >= 4 is 17.1 Å². The van der Waals surface area contributed by atoms with Gasteiger partial charge in [-0.25, -0.2) is 15.0 Å². The van der Waals surface area contributed by atoms with Gasteiger partial charge in [0.05, 0.1) is 6.54 Å². The molecule has 0 bridgehead atoms. The number of nitrogens with two attached hydrogens (primary N) is 1. The first kappa shape index (κ1) is 26.2. The summed E-state index contributed by atoms with van der Waals surface area (Å²) in [5.74, 6) is 0.874. The van der Waals surface area contributed by atoms with E-state index in [1.165, 1.54) is 6.20 Å². The van der Waals surface area contributed by atoms with Crippen LogP contribution in [0.1, 0.15) is 47.1 Å². The Labute approximate surface area is 217 Å². The molecule has 0 saturated carbocycles. The maximum absolute atomic E-state index is 13.3. The second-order valence-corrected chi connectivity index (χ2v) is 9.54. The fraction of sp³-hybridized carbons (Fsp3) is 0.345. The van der Waals surface area contributed by atoms with Crippen LogP contribution in [-0.4, -0.2) is 50.0 Å². The van der Waals surface area contributed by atoms with Gasteiger partial charge in [0.2, 0.25) is 0 Å². The van der Waals surface area contributed by atoms with E-state index in [1.807, 2.05) is 66.4 Å². The molecular formula is C29H34N6O2. The monoisotopic (exact) mass is 498 g/mol. The summed E-state index contributed by atoms with van der Waals surface area (Å²) >= 11 is 0. The van der Waals surface area contributed by atoms with E-state index in [2.05, 4.69) is 16.9 Å². The molecule has 37 heavy (non-hydrogen) atoms. The van der Waals surface area contributed by atoms with Crippen molar-refractivity contribution in [1.29, 1.82) is 0 Å². The molecule has 2 heterocycles. The van der Waals surface area contributed by atoms with Gasteiger partial charge < -0.3 is 10.6 Å². The topological polar surface area (TPSA) is 107 Å². The molecular weight excluding hydrogens is 464 g/mol. The first-order valence-corrected chi connectivity index (χ1v) is 12.8. The van der Waals surface area contributed by atoms with Gasteiger partial charge in [-0.05, 0) is 49.9 Å². The molecule has 4 rings (SSSR count). The Morgan fingerprint density at radius 1 is 1.05 bits per heavy atom. The molecule has 4 aromatic rings. The zero-order valence-corrected chi connectivity index (χ0v) is 21.5. The van der Waals surface area contributed by atoms with Crippen LogP contribution in [0, 0.1) is 12.8 Å². The van der Waals surface area contributed by atoms with E-state index in [0.29, 0.717) is 49.6 Å². The van der Waals surface area contributed by atoms with Gasteiger partial charge in [-0.3, -0.25) is 14.2 Å². The van der Waals surface area contributed by atoms with E-state index in [-0.39, 0.29) is 22.9 Å². The molecule has 2 N–H and O–H groups in total. The third kappa shape index (κ3) is 6.65. The molecule has 0 radical (unpaired) electrons. The minimum absolute atomic E-state index is 0.0143. The molecule has 8 nitrogen and oxygen atoms in total. The minimum atomic E-state index is -0.191. The van der Waals surface area contributed by atoms with Crippen LogP contribution in [-0.2, 0) is 13.0 Å². The van der Waals surface area contributed by atoms with Crippen molar-refractivity contribution in [2.75, 3.05) is 19.6 Å². The number of aryl methyl sites for hydroxylation is 2. The molecule has 1 unspecified atom stereocenters. The van der Waals surface area contributed by atoms with Crippen LogP contribution in [0.3, 0.4) is 0 Å². The van der Waals surface area contributed by atoms with Crippen molar-refractivity contribution in [3.8, 4) is 0 Å². The Kier molecular flexibility index (Phi) is 8.74. The van der Waals surface area contributed by atoms with Gasteiger partial charge >= 0.3 is 0 Å². The van der Waals surface area contributed by atoms with E-state index >= 15 is 0 Å². The zero-order chi connectivity index (χ0) is 26.2. The summed E-state index contributed by atoms with van der Waals surface area (Å²) in [6.07, 6.45) is 5.15. The highest BCUT2D eigenvalue weighted by molar-refractivity contribution is 5.94. The zero-order valence-electron chi connectivity index (χ0n) is 21.5. The molecule has 1 amide bonds. The molecule has 0 aliphatic rings. The van der Waals surface area contributed by atoms with Crippen molar-refractivity contribution in [2.45, 2.75) is 39.7 Å². The van der Waals surface area contributed by atoms with Crippen LogP contribution in [0.15, 0.2) is 71.8 Å². The van der Waals surface area contributed by atoms with Crippen LogP contribution in [0.25, 0.3) is 11.2 Å². The number of carbonyl (C=O) groups is 1. The molecule has 1 atom stereocenters. The van der Waals surface area contributed by atoms with E-state index in [1.54, 1.807) is 10.8 Å². The summed E-state index contributed by atoms with van der Waals surface area (Å²) in [6, 6.07) is 17.5. The Morgan fingerprint density at radius 3 is 2.51 bits per heavy atom. The summed E-state index contributed by atoms with van der Waals surface area (Å²) in [5, 5.41) is 0. The second-order valence-electron chi connectivity index (χ2n) is 9.54. The highest BCUT2D eigenvalue weighted by Gasteiger charge is 2.19. The van der Waals surface area contributed by atoms with Gasteiger partial charge in [0.1, 0.15) is 5.82 Å². The lowest BCUT2D eigenvalue weighted by atomic mass is 10.0. The molecule has 192 valence electrons. The van der Waals surface area contributed by atoms with Crippen LogP contribution < -0.4 is 11.3 Å². The van der Waals surface area contributed by atoms with Crippen LogP contribution in [0.4, 0.5) is 0 Å². The lowest BCUT2D eigenvalue weighted by Crippen LogP contribution is -2.36. The molecule has 0 spiro atoms. The fourth-order valence-electron chi connectivity index (χ4n) is 4.39. The third-order valence-corrected chi connectivity index (χ3v) is 6.47. The Bertz CT molecular complexity index is 1390. The van der Waals surface area contributed by atoms with Crippen molar-refractivity contribution in [3.05, 3.63) is 99.9 Å². The van der Waals surface area contributed by atoms with Crippen LogP contribution in [0.5, 0.6) is 0 Å². The van der Waals surface area contributed by atoms with Crippen LogP contribution in [0.2, 0.25) is 0 Å². The molecule has 0 aliphatic heterocycles. The normalized spacial score (nSPS) is 12.0. The van der Waals surface area contributed by atoms with E-state index in [4.69, 9.17) is 10.7 Å². The standard InChI is InChI=1S/C29H34N6O2/c1-21-9-12-24(13-10-21)28(36)34(18-6-15-30)19-22(2)11-14-25-33-27-26(31-16-17-32-27)29(37)35(25)20-23-7-4-3-5-8-23/h3-5,7-10,12-13,16-17,22H,6,11,14-15,18-20,30H2,1-2H3. The number of fused-ring (bicyclic) bond motifs is 1. The summed E-state index contributed by atoms with van der Waals surface area (Å²) in [5.41, 5.74) is 9.00. The van der Waals surface area contributed by atoms with E-state index in [9.17, 15) is 9.59 Å². The number of hydrogen-bond acceptors (Lipinski definition) is 6. The fourth-order valence-corrected chi connectivity index (χ4v) is 4.39. The molecule has 8 heteroatoms. The van der Waals surface area contributed by atoms with Gasteiger partial charge in [0.25, 0.3) is 11.5 Å². The summed E-state index contributed by atoms with van der Waals surface area (Å²) in [7, 11) is 0. The number of rotatable bonds is 11. The predicted octanol–water partition coefficient (Wildman–Crippen LogP) is 3.60. The van der Waals surface area contributed by atoms with Crippen molar-refractivity contribution in [1.82, 2.24) is 24.4 Å². The first-order valence-electron chi connectivity index (χ1n) is 12.8.